The van der Waals surface area contributed by atoms with E-state index in [1.807, 2.05) is 0 Å². The van der Waals surface area contributed by atoms with Crippen LogP contribution in [0.1, 0.15) is 27.3 Å². The van der Waals surface area contributed by atoms with E-state index in [4.69, 9.17) is 4.74 Å². The highest BCUT2D eigenvalue weighted by atomic mass is 16.5. The molecule has 0 unspecified atom stereocenters. The van der Waals surface area contributed by atoms with Crippen molar-refractivity contribution >= 4 is 11.7 Å². The fraction of sp³-hybridized carbons (Fsp3) is 0.312. The summed E-state index contributed by atoms with van der Waals surface area (Å²) in [5, 5.41) is 11.1. The average molecular weight is 357 g/mol. The summed E-state index contributed by atoms with van der Waals surface area (Å²) in [5.41, 5.74) is 1.79. The van der Waals surface area contributed by atoms with Crippen LogP contribution < -0.4 is 15.6 Å². The average Bonchev–Trinajstić information content (AvgIpc) is 3.14. The fourth-order valence-electron chi connectivity index (χ4n) is 2.44. The molecule has 3 rings (SSSR count). The normalized spacial score (nSPS) is 10.8. The molecule has 0 aromatic carbocycles. The Morgan fingerprint density at radius 2 is 2.00 bits per heavy atom. The molecule has 0 radical (unpaired) electrons. The number of aromatic nitrogens is 6. The van der Waals surface area contributed by atoms with Crippen LogP contribution in [-0.4, -0.2) is 42.5 Å². The molecular formula is C16H19N7O3. The number of nitrogens with zero attached hydrogens (tertiary/aromatic N) is 5. The highest BCUT2D eigenvalue weighted by Crippen LogP contribution is 2.19. The Bertz CT molecular complexity index is 1040. The number of hydrogen-bond acceptors (Lipinski definition) is 6. The predicted molar refractivity (Wildman–Crippen MR) is 93.9 cm³/mol. The third-order valence-corrected chi connectivity index (χ3v) is 3.89. The van der Waals surface area contributed by atoms with Crippen molar-refractivity contribution in [3.8, 4) is 11.8 Å². The molecule has 0 bridgehead atoms. The van der Waals surface area contributed by atoms with Crippen LogP contribution in [-0.2, 0) is 7.05 Å². The van der Waals surface area contributed by atoms with Crippen molar-refractivity contribution in [1.82, 2.24) is 29.5 Å². The summed E-state index contributed by atoms with van der Waals surface area (Å²) in [7, 11) is 3.13. The molecule has 2 N–H and O–H groups in total. The fourth-order valence-corrected chi connectivity index (χ4v) is 2.44. The number of carbonyl (C=O) groups is 1. The second-order valence-electron chi connectivity index (χ2n) is 5.86. The number of H-pyrrole nitrogens is 1. The number of amides is 1. The highest BCUT2D eigenvalue weighted by molar-refractivity contribution is 6.05. The molecule has 3 aromatic rings. The molecule has 3 heterocycles. The van der Waals surface area contributed by atoms with Gasteiger partial charge in [-0.1, -0.05) is 0 Å². The van der Waals surface area contributed by atoms with Gasteiger partial charge in [-0.25, -0.2) is 4.98 Å². The molecule has 10 heteroatoms. The minimum atomic E-state index is -0.415. The summed E-state index contributed by atoms with van der Waals surface area (Å²) in [6.45, 7) is 5.20. The lowest BCUT2D eigenvalue weighted by Gasteiger charge is -2.09. The van der Waals surface area contributed by atoms with Crippen LogP contribution in [0.15, 0.2) is 17.1 Å². The summed E-state index contributed by atoms with van der Waals surface area (Å²) in [4.78, 5) is 31.7. The van der Waals surface area contributed by atoms with E-state index in [0.717, 1.165) is 0 Å². The quantitative estimate of drug-likeness (QED) is 0.715. The van der Waals surface area contributed by atoms with Gasteiger partial charge in [0.1, 0.15) is 11.4 Å². The molecule has 136 valence electrons. The first kappa shape index (κ1) is 17.4. The molecule has 0 aliphatic rings. The monoisotopic (exact) mass is 357 g/mol. The lowest BCUT2D eigenvalue weighted by atomic mass is 10.3. The number of ether oxygens (including phenoxy) is 1. The molecule has 3 aromatic heterocycles. The van der Waals surface area contributed by atoms with Crippen LogP contribution in [0, 0.1) is 20.8 Å². The number of carbonyl (C=O) groups excluding carboxylic acids is 1. The smallest absolute Gasteiger partial charge is 0.263 e. The Morgan fingerprint density at radius 1 is 1.27 bits per heavy atom. The first-order valence-electron chi connectivity index (χ1n) is 7.83. The zero-order chi connectivity index (χ0) is 19.0. The van der Waals surface area contributed by atoms with Gasteiger partial charge in [-0.05, 0) is 20.8 Å². The lowest BCUT2D eigenvalue weighted by Crippen LogP contribution is -2.21. The standard InChI is InChI=1S/C16H19N7O3/c1-8-6-12(18-14(25)11-7-22(4)21-15(11)26-5)23(20-8)16-17-10(3)9(2)13(24)19-16/h6-7H,1-5H3,(H,18,25)(H,17,19,24). The summed E-state index contributed by atoms with van der Waals surface area (Å²) in [5.74, 6) is 0.386. The van der Waals surface area contributed by atoms with Crippen LogP contribution in [0.3, 0.4) is 0 Å². The number of aromatic amines is 1. The number of methoxy groups -OCH3 is 1. The third-order valence-electron chi connectivity index (χ3n) is 3.89. The molecule has 0 aliphatic carbocycles. The van der Waals surface area contributed by atoms with E-state index in [1.54, 1.807) is 40.1 Å². The van der Waals surface area contributed by atoms with Crippen LogP contribution in [0.4, 0.5) is 5.82 Å². The number of hydrogen-bond donors (Lipinski definition) is 2. The second kappa shape index (κ2) is 6.47. The van der Waals surface area contributed by atoms with Gasteiger partial charge in [-0.3, -0.25) is 19.3 Å². The molecule has 0 fully saturated rings. The number of anilines is 1. The van der Waals surface area contributed by atoms with Gasteiger partial charge < -0.3 is 10.1 Å². The van der Waals surface area contributed by atoms with Gasteiger partial charge in [-0.15, -0.1) is 5.10 Å². The van der Waals surface area contributed by atoms with Crippen molar-refractivity contribution in [3.63, 3.8) is 0 Å². The minimum Gasteiger partial charge on any atom is -0.479 e. The predicted octanol–water partition coefficient (Wildman–Crippen LogP) is 0.875. The minimum absolute atomic E-state index is 0.213. The van der Waals surface area contributed by atoms with E-state index in [1.165, 1.54) is 16.5 Å². The largest absolute Gasteiger partial charge is 0.479 e. The van der Waals surface area contributed by atoms with Gasteiger partial charge in [0.2, 0.25) is 11.8 Å². The van der Waals surface area contributed by atoms with Crippen LogP contribution >= 0.6 is 0 Å². The van der Waals surface area contributed by atoms with E-state index in [9.17, 15) is 9.59 Å². The summed E-state index contributed by atoms with van der Waals surface area (Å²) < 4.78 is 7.98. The first-order chi connectivity index (χ1) is 12.3. The molecule has 0 saturated carbocycles. The summed E-state index contributed by atoms with van der Waals surface area (Å²) in [6, 6.07) is 1.68. The Morgan fingerprint density at radius 3 is 2.65 bits per heavy atom. The van der Waals surface area contributed by atoms with E-state index in [2.05, 4.69) is 25.5 Å². The van der Waals surface area contributed by atoms with Crippen LogP contribution in [0.5, 0.6) is 5.88 Å². The van der Waals surface area contributed by atoms with Gasteiger partial charge in [0, 0.05) is 30.6 Å². The van der Waals surface area contributed by atoms with E-state index < -0.39 is 5.91 Å². The van der Waals surface area contributed by atoms with Crippen molar-refractivity contribution in [2.45, 2.75) is 20.8 Å². The van der Waals surface area contributed by atoms with Crippen molar-refractivity contribution in [2.24, 2.45) is 7.05 Å². The maximum absolute atomic E-state index is 12.6. The topological polar surface area (TPSA) is 120 Å². The molecule has 0 atom stereocenters. The van der Waals surface area contributed by atoms with Crippen molar-refractivity contribution in [1.29, 1.82) is 0 Å². The zero-order valence-corrected chi connectivity index (χ0v) is 15.1. The summed E-state index contributed by atoms with van der Waals surface area (Å²) in [6.07, 6.45) is 1.55. The Labute approximate surface area is 148 Å². The maximum Gasteiger partial charge on any atom is 0.263 e. The third kappa shape index (κ3) is 3.08. The lowest BCUT2D eigenvalue weighted by molar-refractivity contribution is 0.102. The Hall–Kier alpha value is -3.43. The molecular weight excluding hydrogens is 338 g/mol. The molecule has 26 heavy (non-hydrogen) atoms. The Kier molecular flexibility index (Phi) is 4.33. The number of rotatable bonds is 4. The maximum atomic E-state index is 12.6. The Balaban J connectivity index is 2.00. The first-order valence-corrected chi connectivity index (χ1v) is 7.83. The molecule has 1 amide bonds. The van der Waals surface area contributed by atoms with Crippen LogP contribution in [0.25, 0.3) is 5.95 Å². The van der Waals surface area contributed by atoms with Crippen molar-refractivity contribution < 1.29 is 9.53 Å². The number of aryl methyl sites for hydroxylation is 3. The van der Waals surface area contributed by atoms with Gasteiger partial charge in [0.25, 0.3) is 11.5 Å². The molecule has 0 spiro atoms. The SMILES string of the molecule is COc1nn(C)cc1C(=O)Nc1cc(C)nn1-c1nc(C)c(C)c(=O)[nH]1. The molecule has 0 aliphatic heterocycles. The van der Waals surface area contributed by atoms with Crippen molar-refractivity contribution in [2.75, 3.05) is 12.4 Å². The van der Waals surface area contributed by atoms with E-state index in [-0.39, 0.29) is 23.0 Å². The van der Waals surface area contributed by atoms with Gasteiger partial charge >= 0.3 is 0 Å². The second-order valence-corrected chi connectivity index (χ2v) is 5.86. The van der Waals surface area contributed by atoms with Gasteiger partial charge in [0.15, 0.2) is 0 Å². The van der Waals surface area contributed by atoms with E-state index in [0.29, 0.717) is 22.8 Å². The van der Waals surface area contributed by atoms with Gasteiger partial charge in [0.05, 0.1) is 12.8 Å². The van der Waals surface area contributed by atoms with Crippen LogP contribution in [0.2, 0.25) is 0 Å². The number of nitrogens with one attached hydrogen (secondary N) is 2. The molecule has 0 saturated heterocycles. The van der Waals surface area contributed by atoms with E-state index >= 15 is 0 Å². The van der Waals surface area contributed by atoms with Gasteiger partial charge in [-0.2, -0.15) is 9.78 Å². The highest BCUT2D eigenvalue weighted by Gasteiger charge is 2.20. The van der Waals surface area contributed by atoms with Crippen molar-refractivity contribution in [3.05, 3.63) is 45.1 Å². The molecule has 10 nitrogen and oxygen atoms in total. The summed E-state index contributed by atoms with van der Waals surface area (Å²) >= 11 is 0. The zero-order valence-electron chi connectivity index (χ0n) is 15.1.